The monoisotopic (exact) mass is 386 g/mol. The van der Waals surface area contributed by atoms with E-state index in [1.807, 2.05) is 18.2 Å². The minimum atomic E-state index is -3.68. The molecule has 2 aromatic carbocycles. The average molecular weight is 386 g/mol. The molecule has 1 aromatic heterocycles. The standard InChI is InChI=1S/C19H22N4O3S/c1-22(13-14-6-2-3-7-18(14)23-10-4-5-11-23)27(25,26)15-8-9-16-17(12-15)21-19(24)20-16/h2-3,6-9,12H,4-5,10-11,13H2,1H3,(H2,20,21,24). The number of aromatic amines is 2. The van der Waals surface area contributed by atoms with E-state index < -0.39 is 10.0 Å². The van der Waals surface area contributed by atoms with Gasteiger partial charge in [0.1, 0.15) is 0 Å². The number of aromatic nitrogens is 2. The molecule has 0 radical (unpaired) electrons. The quantitative estimate of drug-likeness (QED) is 0.704. The van der Waals surface area contributed by atoms with Crippen molar-refractivity contribution in [2.75, 3.05) is 25.0 Å². The van der Waals surface area contributed by atoms with Crippen LogP contribution in [0.15, 0.2) is 52.2 Å². The lowest BCUT2D eigenvalue weighted by Crippen LogP contribution is -2.28. The van der Waals surface area contributed by atoms with Gasteiger partial charge in [0.05, 0.1) is 15.9 Å². The fourth-order valence-corrected chi connectivity index (χ4v) is 4.76. The number of sulfonamides is 1. The highest BCUT2D eigenvalue weighted by molar-refractivity contribution is 7.89. The molecule has 0 spiro atoms. The molecule has 0 saturated carbocycles. The van der Waals surface area contributed by atoms with Crippen LogP contribution in [0, 0.1) is 0 Å². The van der Waals surface area contributed by atoms with Crippen molar-refractivity contribution in [3.05, 3.63) is 58.5 Å². The molecule has 1 aliphatic heterocycles. The van der Waals surface area contributed by atoms with E-state index in [1.165, 1.54) is 16.4 Å². The van der Waals surface area contributed by atoms with Crippen LogP contribution < -0.4 is 10.6 Å². The lowest BCUT2D eigenvalue weighted by atomic mass is 10.1. The molecule has 1 fully saturated rings. The number of imidazole rings is 1. The fraction of sp³-hybridized carbons (Fsp3) is 0.316. The lowest BCUT2D eigenvalue weighted by Gasteiger charge is -2.24. The Morgan fingerprint density at radius 3 is 2.52 bits per heavy atom. The minimum absolute atomic E-state index is 0.159. The van der Waals surface area contributed by atoms with Gasteiger partial charge in [-0.25, -0.2) is 13.2 Å². The van der Waals surface area contributed by atoms with E-state index in [-0.39, 0.29) is 17.1 Å². The number of hydrogen-bond acceptors (Lipinski definition) is 4. The maximum Gasteiger partial charge on any atom is 0.323 e. The number of H-pyrrole nitrogens is 2. The zero-order valence-corrected chi connectivity index (χ0v) is 15.9. The molecule has 7 nitrogen and oxygen atoms in total. The van der Waals surface area contributed by atoms with Gasteiger partial charge in [-0.2, -0.15) is 4.31 Å². The Morgan fingerprint density at radius 2 is 1.74 bits per heavy atom. The van der Waals surface area contributed by atoms with Crippen molar-refractivity contribution in [2.24, 2.45) is 0 Å². The number of anilines is 1. The van der Waals surface area contributed by atoms with Crippen molar-refractivity contribution in [2.45, 2.75) is 24.3 Å². The number of nitrogens with one attached hydrogen (secondary N) is 2. The number of para-hydroxylation sites is 1. The minimum Gasteiger partial charge on any atom is -0.371 e. The van der Waals surface area contributed by atoms with Crippen molar-refractivity contribution in [1.82, 2.24) is 14.3 Å². The molecule has 0 bridgehead atoms. The predicted octanol–water partition coefficient (Wildman–Crippen LogP) is 2.28. The van der Waals surface area contributed by atoms with Gasteiger partial charge < -0.3 is 14.9 Å². The molecule has 0 atom stereocenters. The summed E-state index contributed by atoms with van der Waals surface area (Å²) in [7, 11) is -2.10. The van der Waals surface area contributed by atoms with E-state index in [0.717, 1.165) is 37.2 Å². The van der Waals surface area contributed by atoms with Crippen molar-refractivity contribution >= 4 is 26.7 Å². The highest BCUT2D eigenvalue weighted by atomic mass is 32.2. The Hall–Kier alpha value is -2.58. The summed E-state index contributed by atoms with van der Waals surface area (Å²) in [6.07, 6.45) is 2.33. The summed E-state index contributed by atoms with van der Waals surface area (Å²) >= 11 is 0. The first-order valence-electron chi connectivity index (χ1n) is 8.96. The van der Waals surface area contributed by atoms with E-state index in [0.29, 0.717) is 11.0 Å². The SMILES string of the molecule is CN(Cc1ccccc1N1CCCC1)S(=O)(=O)c1ccc2[nH]c(=O)[nH]c2c1. The Bertz CT molecular complexity index is 1130. The second kappa shape index (κ2) is 6.86. The number of nitrogens with zero attached hydrogens (tertiary/aromatic N) is 2. The van der Waals surface area contributed by atoms with Crippen molar-refractivity contribution in [3.8, 4) is 0 Å². The molecule has 8 heteroatoms. The summed E-state index contributed by atoms with van der Waals surface area (Å²) in [5.74, 6) is 0. The van der Waals surface area contributed by atoms with E-state index in [2.05, 4.69) is 20.9 Å². The summed E-state index contributed by atoms with van der Waals surface area (Å²) in [5, 5.41) is 0. The first-order chi connectivity index (χ1) is 12.9. The highest BCUT2D eigenvalue weighted by Gasteiger charge is 2.24. The van der Waals surface area contributed by atoms with Crippen LogP contribution in [0.2, 0.25) is 0 Å². The molecule has 2 heterocycles. The number of rotatable bonds is 5. The maximum atomic E-state index is 13.0. The van der Waals surface area contributed by atoms with Gasteiger partial charge in [0.15, 0.2) is 0 Å². The normalized spacial score (nSPS) is 15.1. The second-order valence-electron chi connectivity index (χ2n) is 6.87. The molecule has 1 saturated heterocycles. The van der Waals surface area contributed by atoms with E-state index in [9.17, 15) is 13.2 Å². The molecule has 0 unspecified atom stereocenters. The van der Waals surface area contributed by atoms with Gasteiger partial charge in [-0.15, -0.1) is 0 Å². The third-order valence-corrected chi connectivity index (χ3v) is 6.83. The Morgan fingerprint density at radius 1 is 1.04 bits per heavy atom. The van der Waals surface area contributed by atoms with E-state index in [1.54, 1.807) is 13.1 Å². The molecule has 2 N–H and O–H groups in total. The summed E-state index contributed by atoms with van der Waals surface area (Å²) in [4.78, 5) is 19.1. The molecule has 142 valence electrons. The first-order valence-corrected chi connectivity index (χ1v) is 10.4. The van der Waals surface area contributed by atoms with Crippen molar-refractivity contribution < 1.29 is 8.42 Å². The molecular formula is C19H22N4O3S. The Labute approximate surface area is 157 Å². The topological polar surface area (TPSA) is 89.3 Å². The number of benzene rings is 2. The molecule has 0 aliphatic carbocycles. The van der Waals surface area contributed by atoms with Crippen LogP contribution >= 0.6 is 0 Å². The van der Waals surface area contributed by atoms with Crippen LogP contribution in [0.4, 0.5) is 5.69 Å². The Kier molecular flexibility index (Phi) is 4.53. The number of hydrogen-bond donors (Lipinski definition) is 2. The fourth-order valence-electron chi connectivity index (χ4n) is 3.59. The summed E-state index contributed by atoms with van der Waals surface area (Å²) in [6, 6.07) is 12.6. The van der Waals surface area contributed by atoms with Crippen LogP contribution in [0.5, 0.6) is 0 Å². The third-order valence-electron chi connectivity index (χ3n) is 5.03. The lowest BCUT2D eigenvalue weighted by molar-refractivity contribution is 0.467. The molecule has 0 amide bonds. The van der Waals surface area contributed by atoms with E-state index in [4.69, 9.17) is 0 Å². The second-order valence-corrected chi connectivity index (χ2v) is 8.92. The van der Waals surface area contributed by atoms with Crippen LogP contribution in [-0.2, 0) is 16.6 Å². The first kappa shape index (κ1) is 17.8. The summed E-state index contributed by atoms with van der Waals surface area (Å²) < 4.78 is 27.4. The van der Waals surface area contributed by atoms with Crippen LogP contribution in [0.25, 0.3) is 11.0 Å². The van der Waals surface area contributed by atoms with Gasteiger partial charge in [0.2, 0.25) is 10.0 Å². The maximum absolute atomic E-state index is 13.0. The van der Waals surface area contributed by atoms with Crippen LogP contribution in [0.3, 0.4) is 0 Å². The average Bonchev–Trinajstić information content (AvgIpc) is 3.29. The van der Waals surface area contributed by atoms with Gasteiger partial charge in [0.25, 0.3) is 0 Å². The van der Waals surface area contributed by atoms with Gasteiger partial charge >= 0.3 is 5.69 Å². The van der Waals surface area contributed by atoms with Crippen LogP contribution in [-0.4, -0.2) is 42.8 Å². The molecule has 1 aliphatic rings. The molecule has 27 heavy (non-hydrogen) atoms. The Balaban J connectivity index is 1.63. The summed E-state index contributed by atoms with van der Waals surface area (Å²) in [5.41, 5.74) is 2.80. The van der Waals surface area contributed by atoms with Gasteiger partial charge in [-0.1, -0.05) is 18.2 Å². The number of fused-ring (bicyclic) bond motifs is 1. The zero-order valence-electron chi connectivity index (χ0n) is 15.1. The molecule has 4 rings (SSSR count). The summed E-state index contributed by atoms with van der Waals surface area (Å²) in [6.45, 7) is 2.30. The molecular weight excluding hydrogens is 364 g/mol. The van der Waals surface area contributed by atoms with E-state index >= 15 is 0 Å². The third kappa shape index (κ3) is 3.38. The van der Waals surface area contributed by atoms with Crippen LogP contribution in [0.1, 0.15) is 18.4 Å². The van der Waals surface area contributed by atoms with Crippen molar-refractivity contribution in [1.29, 1.82) is 0 Å². The smallest absolute Gasteiger partial charge is 0.323 e. The predicted molar refractivity (Wildman–Crippen MR) is 105 cm³/mol. The van der Waals surface area contributed by atoms with Gasteiger partial charge in [0, 0.05) is 32.4 Å². The molecule has 3 aromatic rings. The van der Waals surface area contributed by atoms with Gasteiger partial charge in [-0.3, -0.25) is 0 Å². The zero-order chi connectivity index (χ0) is 19.0. The highest BCUT2D eigenvalue weighted by Crippen LogP contribution is 2.27. The van der Waals surface area contributed by atoms with Crippen molar-refractivity contribution in [3.63, 3.8) is 0 Å². The van der Waals surface area contributed by atoms with Gasteiger partial charge in [-0.05, 0) is 42.7 Å². The largest absolute Gasteiger partial charge is 0.371 e.